The van der Waals surface area contributed by atoms with Crippen molar-refractivity contribution < 1.29 is 18.8 Å². The van der Waals surface area contributed by atoms with Gasteiger partial charge in [-0.15, -0.1) is 0 Å². The smallest absolute Gasteiger partial charge is 0.324 e. The van der Waals surface area contributed by atoms with Crippen LogP contribution in [0.5, 0.6) is 0 Å². The highest BCUT2D eigenvalue weighted by Gasteiger charge is 2.35. The predicted molar refractivity (Wildman–Crippen MR) is 118 cm³/mol. The fraction of sp³-hybridized carbons (Fsp3) is 0.125. The molecule has 0 radical (unpaired) electrons. The van der Waals surface area contributed by atoms with E-state index in [9.17, 15) is 18.8 Å². The van der Waals surface area contributed by atoms with E-state index in [0.717, 1.165) is 16.9 Å². The minimum atomic E-state index is -0.691. The van der Waals surface area contributed by atoms with Gasteiger partial charge in [-0.3, -0.25) is 9.59 Å². The van der Waals surface area contributed by atoms with Gasteiger partial charge in [0.2, 0.25) is 5.91 Å². The molecule has 2 aromatic carbocycles. The monoisotopic (exact) mass is 432 g/mol. The van der Waals surface area contributed by atoms with Crippen molar-refractivity contribution in [3.8, 4) is 5.69 Å². The Morgan fingerprint density at radius 2 is 1.81 bits per heavy atom. The van der Waals surface area contributed by atoms with E-state index in [-0.39, 0.29) is 5.70 Å². The normalized spacial score (nSPS) is 14.7. The number of anilines is 1. The second kappa shape index (κ2) is 8.89. The minimum Gasteiger partial charge on any atom is -0.324 e. The van der Waals surface area contributed by atoms with Crippen LogP contribution in [-0.2, 0) is 16.0 Å². The van der Waals surface area contributed by atoms with Crippen molar-refractivity contribution in [1.82, 2.24) is 14.8 Å². The Hall–Kier alpha value is -4.20. The van der Waals surface area contributed by atoms with Crippen LogP contribution in [0.1, 0.15) is 18.2 Å². The maximum Gasteiger partial charge on any atom is 0.329 e. The zero-order chi connectivity index (χ0) is 22.7. The molecule has 0 unspecified atom stereocenters. The second-order valence-electron chi connectivity index (χ2n) is 7.19. The van der Waals surface area contributed by atoms with Crippen molar-refractivity contribution in [3.63, 3.8) is 0 Å². The highest BCUT2D eigenvalue weighted by Crippen LogP contribution is 2.20. The molecule has 7 nitrogen and oxygen atoms in total. The molecule has 162 valence electrons. The number of benzene rings is 2. The third kappa shape index (κ3) is 4.15. The number of hydrogen-bond donors (Lipinski definition) is 2. The number of rotatable bonds is 6. The van der Waals surface area contributed by atoms with Crippen molar-refractivity contribution >= 4 is 29.6 Å². The molecular weight excluding hydrogens is 411 g/mol. The summed E-state index contributed by atoms with van der Waals surface area (Å²) in [4.78, 5) is 38.4. The van der Waals surface area contributed by atoms with E-state index >= 15 is 0 Å². The van der Waals surface area contributed by atoms with Gasteiger partial charge in [-0.1, -0.05) is 37.3 Å². The van der Waals surface area contributed by atoms with Gasteiger partial charge in [0.25, 0.3) is 5.91 Å². The molecule has 32 heavy (non-hydrogen) atoms. The van der Waals surface area contributed by atoms with Crippen LogP contribution in [0.2, 0.25) is 0 Å². The second-order valence-corrected chi connectivity index (χ2v) is 7.19. The van der Waals surface area contributed by atoms with Crippen LogP contribution in [0.3, 0.4) is 0 Å². The molecule has 0 saturated carbocycles. The van der Waals surface area contributed by atoms with Gasteiger partial charge < -0.3 is 15.2 Å². The van der Waals surface area contributed by atoms with Crippen LogP contribution in [0.25, 0.3) is 11.8 Å². The lowest BCUT2D eigenvalue weighted by molar-refractivity contribution is -0.127. The highest BCUT2D eigenvalue weighted by atomic mass is 19.1. The lowest BCUT2D eigenvalue weighted by Crippen LogP contribution is -2.38. The summed E-state index contributed by atoms with van der Waals surface area (Å²) in [5.74, 6) is -1.53. The Balaban J connectivity index is 1.52. The molecule has 0 aliphatic carbocycles. The molecule has 0 spiro atoms. The molecule has 2 heterocycles. The summed E-state index contributed by atoms with van der Waals surface area (Å²) in [7, 11) is 0. The summed E-state index contributed by atoms with van der Waals surface area (Å²) in [5, 5.41) is 5.24. The minimum absolute atomic E-state index is 0.00745. The number of aromatic nitrogens is 1. The van der Waals surface area contributed by atoms with E-state index in [0.29, 0.717) is 17.1 Å². The molecule has 1 saturated heterocycles. The standard InChI is InChI=1S/C24H21FN4O3/c1-2-16-8-3-5-11-19(16)26-22(30)15-29-23(31)20(27-24(29)32)14-17-9-7-13-28(17)21-12-6-4-10-18(21)25/h3-14H,2,15H2,1H3,(H,26,30)(H,27,32). The summed E-state index contributed by atoms with van der Waals surface area (Å²) in [6, 6.07) is 16.3. The molecular formula is C24H21FN4O3. The van der Waals surface area contributed by atoms with Gasteiger partial charge in [-0.05, 0) is 48.4 Å². The zero-order valence-corrected chi connectivity index (χ0v) is 17.3. The maximum absolute atomic E-state index is 14.2. The number of carbonyl (C=O) groups is 3. The molecule has 1 fully saturated rings. The van der Waals surface area contributed by atoms with Crippen LogP contribution < -0.4 is 10.6 Å². The van der Waals surface area contributed by atoms with Crippen LogP contribution in [-0.4, -0.2) is 33.9 Å². The summed E-state index contributed by atoms with van der Waals surface area (Å²) in [5.41, 5.74) is 2.42. The zero-order valence-electron chi connectivity index (χ0n) is 17.3. The molecule has 2 N–H and O–H groups in total. The third-order valence-electron chi connectivity index (χ3n) is 5.12. The van der Waals surface area contributed by atoms with Crippen LogP contribution in [0.4, 0.5) is 14.9 Å². The maximum atomic E-state index is 14.2. The molecule has 8 heteroatoms. The Morgan fingerprint density at radius 3 is 2.59 bits per heavy atom. The van der Waals surface area contributed by atoms with E-state index in [1.807, 2.05) is 19.1 Å². The Bertz CT molecular complexity index is 1230. The van der Waals surface area contributed by atoms with E-state index in [2.05, 4.69) is 10.6 Å². The Labute approximate surface area is 184 Å². The predicted octanol–water partition coefficient (Wildman–Crippen LogP) is 3.71. The molecule has 3 aromatic rings. The first kappa shape index (κ1) is 21.0. The number of imide groups is 1. The fourth-order valence-corrected chi connectivity index (χ4v) is 3.53. The first-order valence-electron chi connectivity index (χ1n) is 10.1. The van der Waals surface area contributed by atoms with E-state index in [4.69, 9.17) is 0 Å². The lowest BCUT2D eigenvalue weighted by Gasteiger charge is -2.13. The summed E-state index contributed by atoms with van der Waals surface area (Å²) < 4.78 is 15.8. The van der Waals surface area contributed by atoms with E-state index in [1.54, 1.807) is 53.2 Å². The van der Waals surface area contributed by atoms with Crippen LogP contribution in [0, 0.1) is 5.82 Å². The molecule has 1 aromatic heterocycles. The van der Waals surface area contributed by atoms with E-state index < -0.39 is 30.2 Å². The molecule has 4 amide bonds. The number of halogens is 1. The summed E-state index contributed by atoms with van der Waals surface area (Å²) in [6.07, 6.45) is 3.84. The van der Waals surface area contributed by atoms with Gasteiger partial charge in [0.15, 0.2) is 0 Å². The summed E-state index contributed by atoms with van der Waals surface area (Å²) >= 11 is 0. The van der Waals surface area contributed by atoms with Gasteiger partial charge in [-0.25, -0.2) is 14.1 Å². The van der Waals surface area contributed by atoms with Gasteiger partial charge in [-0.2, -0.15) is 0 Å². The molecule has 1 aliphatic rings. The quantitative estimate of drug-likeness (QED) is 0.460. The number of nitrogens with one attached hydrogen (secondary N) is 2. The van der Waals surface area contributed by atoms with Gasteiger partial charge in [0, 0.05) is 17.6 Å². The van der Waals surface area contributed by atoms with Gasteiger partial charge >= 0.3 is 6.03 Å². The average molecular weight is 432 g/mol. The summed E-state index contributed by atoms with van der Waals surface area (Å²) in [6.45, 7) is 1.55. The molecule has 0 atom stereocenters. The average Bonchev–Trinajstić information content (AvgIpc) is 3.34. The number of carbonyl (C=O) groups excluding carboxylic acids is 3. The first-order chi connectivity index (χ1) is 15.5. The van der Waals surface area contributed by atoms with Crippen LogP contribution >= 0.6 is 0 Å². The van der Waals surface area contributed by atoms with E-state index in [1.165, 1.54) is 12.1 Å². The van der Waals surface area contributed by atoms with Crippen molar-refractivity contribution in [2.24, 2.45) is 0 Å². The highest BCUT2D eigenvalue weighted by molar-refractivity contribution is 6.15. The van der Waals surface area contributed by atoms with Gasteiger partial charge in [0.1, 0.15) is 18.1 Å². The lowest BCUT2D eigenvalue weighted by atomic mass is 10.1. The Kier molecular flexibility index (Phi) is 5.85. The number of amides is 4. The van der Waals surface area contributed by atoms with Crippen LogP contribution in [0.15, 0.2) is 72.6 Å². The topological polar surface area (TPSA) is 83.4 Å². The van der Waals surface area contributed by atoms with Gasteiger partial charge in [0.05, 0.1) is 5.69 Å². The number of nitrogens with zero attached hydrogens (tertiary/aromatic N) is 2. The fourth-order valence-electron chi connectivity index (χ4n) is 3.53. The van der Waals surface area contributed by atoms with Crippen molar-refractivity contribution in [2.75, 3.05) is 11.9 Å². The number of urea groups is 1. The molecule has 1 aliphatic heterocycles. The largest absolute Gasteiger partial charge is 0.329 e. The number of para-hydroxylation sites is 2. The SMILES string of the molecule is CCc1ccccc1NC(=O)CN1C(=O)NC(=Cc2cccn2-c2ccccc2F)C1=O. The first-order valence-corrected chi connectivity index (χ1v) is 10.1. The number of hydrogen-bond acceptors (Lipinski definition) is 3. The molecule has 4 rings (SSSR count). The number of aryl methyl sites for hydroxylation is 1. The van der Waals surface area contributed by atoms with Crippen molar-refractivity contribution in [3.05, 3.63) is 89.6 Å². The van der Waals surface area contributed by atoms with Crippen molar-refractivity contribution in [2.45, 2.75) is 13.3 Å². The molecule has 0 bridgehead atoms. The van der Waals surface area contributed by atoms with Crippen molar-refractivity contribution in [1.29, 1.82) is 0 Å². The Morgan fingerprint density at radius 1 is 1.06 bits per heavy atom. The third-order valence-corrected chi connectivity index (χ3v) is 5.12.